The van der Waals surface area contributed by atoms with Gasteiger partial charge in [0, 0.05) is 23.6 Å². The molecule has 0 aliphatic heterocycles. The van der Waals surface area contributed by atoms with E-state index >= 15 is 0 Å². The SMILES string of the molecule is CC(CC#N)N(C)c1cc(Br)ccc1[N+](=O)[O-]. The topological polar surface area (TPSA) is 70.2 Å². The quantitative estimate of drug-likeness (QED) is 0.632. The Labute approximate surface area is 108 Å². The van der Waals surface area contributed by atoms with Crippen molar-refractivity contribution >= 4 is 27.3 Å². The maximum absolute atomic E-state index is 10.9. The van der Waals surface area contributed by atoms with Crippen LogP contribution in [0.3, 0.4) is 0 Å². The number of nitro groups is 1. The molecule has 0 N–H and O–H groups in total. The maximum atomic E-state index is 10.9. The van der Waals surface area contributed by atoms with Gasteiger partial charge in [-0.05, 0) is 19.1 Å². The van der Waals surface area contributed by atoms with Gasteiger partial charge in [0.05, 0.1) is 17.4 Å². The molecule has 17 heavy (non-hydrogen) atoms. The first-order chi connectivity index (χ1) is 7.97. The number of nitriles is 1. The molecule has 0 bridgehead atoms. The smallest absolute Gasteiger partial charge is 0.292 e. The van der Waals surface area contributed by atoms with Crippen LogP contribution in [0.5, 0.6) is 0 Å². The molecule has 0 aliphatic carbocycles. The molecule has 0 saturated carbocycles. The number of nitro benzene ring substituents is 1. The van der Waals surface area contributed by atoms with Crippen molar-refractivity contribution in [1.82, 2.24) is 0 Å². The van der Waals surface area contributed by atoms with Crippen LogP contribution in [0.25, 0.3) is 0 Å². The Bertz CT molecular complexity index is 470. The number of anilines is 1. The van der Waals surface area contributed by atoms with Gasteiger partial charge in [-0.15, -0.1) is 0 Å². The normalized spacial score (nSPS) is 11.6. The molecule has 1 aromatic carbocycles. The highest BCUT2D eigenvalue weighted by molar-refractivity contribution is 9.10. The summed E-state index contributed by atoms with van der Waals surface area (Å²) in [5.41, 5.74) is 0.549. The molecule has 5 nitrogen and oxygen atoms in total. The highest BCUT2D eigenvalue weighted by atomic mass is 79.9. The molecule has 1 unspecified atom stereocenters. The van der Waals surface area contributed by atoms with Gasteiger partial charge >= 0.3 is 0 Å². The molecule has 0 heterocycles. The van der Waals surface area contributed by atoms with Crippen LogP contribution in [-0.2, 0) is 0 Å². The fourth-order valence-corrected chi connectivity index (χ4v) is 1.79. The molecule has 0 spiro atoms. The average molecular weight is 298 g/mol. The van der Waals surface area contributed by atoms with Crippen molar-refractivity contribution < 1.29 is 4.92 Å². The Kier molecular flexibility index (Phi) is 4.46. The number of benzene rings is 1. The molecule has 0 amide bonds. The average Bonchev–Trinajstić information content (AvgIpc) is 2.27. The van der Waals surface area contributed by atoms with Crippen LogP contribution >= 0.6 is 15.9 Å². The van der Waals surface area contributed by atoms with E-state index < -0.39 is 4.92 Å². The summed E-state index contributed by atoms with van der Waals surface area (Å²) in [6.07, 6.45) is 0.320. The van der Waals surface area contributed by atoms with Crippen molar-refractivity contribution in [2.75, 3.05) is 11.9 Å². The zero-order valence-electron chi connectivity index (χ0n) is 9.55. The monoisotopic (exact) mass is 297 g/mol. The van der Waals surface area contributed by atoms with Gasteiger partial charge < -0.3 is 4.90 Å². The van der Waals surface area contributed by atoms with Gasteiger partial charge in [-0.3, -0.25) is 10.1 Å². The molecular weight excluding hydrogens is 286 g/mol. The largest absolute Gasteiger partial charge is 0.365 e. The fraction of sp³-hybridized carbons (Fsp3) is 0.364. The van der Waals surface area contributed by atoms with Crippen LogP contribution in [0.15, 0.2) is 22.7 Å². The van der Waals surface area contributed by atoms with E-state index in [2.05, 4.69) is 22.0 Å². The third kappa shape index (κ3) is 3.17. The van der Waals surface area contributed by atoms with Crippen LogP contribution in [0.2, 0.25) is 0 Å². The van der Waals surface area contributed by atoms with Crippen LogP contribution in [-0.4, -0.2) is 18.0 Å². The Morgan fingerprint density at radius 3 is 2.82 bits per heavy atom. The van der Waals surface area contributed by atoms with E-state index in [4.69, 9.17) is 5.26 Å². The van der Waals surface area contributed by atoms with Crippen LogP contribution < -0.4 is 4.90 Å². The maximum Gasteiger partial charge on any atom is 0.292 e. The van der Waals surface area contributed by atoms with Gasteiger partial charge in [0.1, 0.15) is 5.69 Å². The van der Waals surface area contributed by atoms with Gasteiger partial charge in [0.2, 0.25) is 0 Å². The van der Waals surface area contributed by atoms with Crippen molar-refractivity contribution in [1.29, 1.82) is 5.26 Å². The molecule has 0 saturated heterocycles. The lowest BCUT2D eigenvalue weighted by atomic mass is 10.2. The van der Waals surface area contributed by atoms with Gasteiger partial charge in [-0.2, -0.15) is 5.26 Å². The van der Waals surface area contributed by atoms with Crippen molar-refractivity contribution in [2.24, 2.45) is 0 Å². The van der Waals surface area contributed by atoms with Gasteiger partial charge in [0.15, 0.2) is 0 Å². The van der Waals surface area contributed by atoms with Crippen molar-refractivity contribution in [3.63, 3.8) is 0 Å². The molecule has 1 rings (SSSR count). The molecule has 0 fully saturated rings. The highest BCUT2D eigenvalue weighted by Crippen LogP contribution is 2.31. The minimum absolute atomic E-state index is 0.0421. The molecule has 0 radical (unpaired) electrons. The number of rotatable bonds is 4. The lowest BCUT2D eigenvalue weighted by Crippen LogP contribution is -2.28. The van der Waals surface area contributed by atoms with E-state index in [1.807, 2.05) is 6.92 Å². The second kappa shape index (κ2) is 5.64. The Morgan fingerprint density at radius 1 is 1.65 bits per heavy atom. The minimum Gasteiger partial charge on any atom is -0.365 e. The highest BCUT2D eigenvalue weighted by Gasteiger charge is 2.20. The third-order valence-electron chi connectivity index (χ3n) is 2.56. The zero-order valence-corrected chi connectivity index (χ0v) is 11.1. The Hall–Kier alpha value is -1.61. The zero-order chi connectivity index (χ0) is 13.0. The van der Waals surface area contributed by atoms with E-state index in [1.54, 1.807) is 24.1 Å². The van der Waals surface area contributed by atoms with Gasteiger partial charge in [-0.1, -0.05) is 15.9 Å². The van der Waals surface area contributed by atoms with Crippen LogP contribution in [0.1, 0.15) is 13.3 Å². The lowest BCUT2D eigenvalue weighted by Gasteiger charge is -2.24. The summed E-state index contributed by atoms with van der Waals surface area (Å²) in [6, 6.07) is 6.75. The molecule has 1 atom stereocenters. The number of hydrogen-bond acceptors (Lipinski definition) is 4. The van der Waals surface area contributed by atoms with E-state index in [9.17, 15) is 10.1 Å². The van der Waals surface area contributed by atoms with Crippen LogP contribution in [0, 0.1) is 21.4 Å². The second-order valence-electron chi connectivity index (χ2n) is 3.71. The second-order valence-corrected chi connectivity index (χ2v) is 4.63. The van der Waals surface area contributed by atoms with Crippen LogP contribution in [0.4, 0.5) is 11.4 Å². The molecule has 1 aromatic rings. The van der Waals surface area contributed by atoms with Crippen molar-refractivity contribution in [2.45, 2.75) is 19.4 Å². The first-order valence-corrected chi connectivity index (χ1v) is 5.80. The molecule has 0 aromatic heterocycles. The predicted molar refractivity (Wildman–Crippen MR) is 68.9 cm³/mol. The number of nitrogens with zero attached hydrogens (tertiary/aromatic N) is 3. The van der Waals surface area contributed by atoms with Gasteiger partial charge in [0.25, 0.3) is 5.69 Å². The summed E-state index contributed by atoms with van der Waals surface area (Å²) in [6.45, 7) is 1.86. The van der Waals surface area contributed by atoms with E-state index in [0.29, 0.717) is 12.1 Å². The Balaban J connectivity index is 3.15. The third-order valence-corrected chi connectivity index (χ3v) is 3.06. The summed E-state index contributed by atoms with van der Waals surface area (Å²) in [5, 5.41) is 19.6. The van der Waals surface area contributed by atoms with Crippen molar-refractivity contribution in [3.05, 3.63) is 32.8 Å². The Morgan fingerprint density at radius 2 is 2.29 bits per heavy atom. The van der Waals surface area contributed by atoms with Gasteiger partial charge in [-0.25, -0.2) is 0 Å². The molecule has 90 valence electrons. The fourth-order valence-electron chi connectivity index (χ4n) is 1.44. The first kappa shape index (κ1) is 13.5. The lowest BCUT2D eigenvalue weighted by molar-refractivity contribution is -0.384. The minimum atomic E-state index is -0.419. The summed E-state index contributed by atoms with van der Waals surface area (Å²) < 4.78 is 0.772. The standard InChI is InChI=1S/C11H12BrN3O2/c1-8(5-6-13)14(2)11-7-9(12)3-4-10(11)15(16)17/h3-4,7-8H,5H2,1-2H3. The summed E-state index contributed by atoms with van der Waals surface area (Å²) in [5.74, 6) is 0. The molecular formula is C11H12BrN3O2. The number of halogens is 1. The molecule has 0 aliphatic rings. The summed E-state index contributed by atoms with van der Waals surface area (Å²) in [4.78, 5) is 12.2. The van der Waals surface area contributed by atoms with E-state index in [-0.39, 0.29) is 11.7 Å². The summed E-state index contributed by atoms with van der Waals surface area (Å²) >= 11 is 3.29. The number of hydrogen-bond donors (Lipinski definition) is 0. The predicted octanol–water partition coefficient (Wildman–Crippen LogP) is 3.10. The first-order valence-electron chi connectivity index (χ1n) is 5.01. The van der Waals surface area contributed by atoms with Crippen molar-refractivity contribution in [3.8, 4) is 6.07 Å². The van der Waals surface area contributed by atoms with E-state index in [0.717, 1.165) is 4.47 Å². The van der Waals surface area contributed by atoms with E-state index in [1.165, 1.54) is 6.07 Å². The molecule has 6 heteroatoms. The summed E-state index contributed by atoms with van der Waals surface area (Å²) in [7, 11) is 1.75.